The van der Waals surface area contributed by atoms with Crippen LogP contribution < -0.4 is 5.73 Å². The molecule has 1 heterocycles. The molecule has 3 nitrogen and oxygen atoms in total. The molecule has 0 fully saturated rings. The molecular weight excluding hydrogens is 314 g/mol. The van der Waals surface area contributed by atoms with Gasteiger partial charge in [-0.3, -0.25) is 0 Å². The monoisotopic (exact) mass is 320 g/mol. The van der Waals surface area contributed by atoms with Gasteiger partial charge in [-0.15, -0.1) is 0 Å². The summed E-state index contributed by atoms with van der Waals surface area (Å²) in [6, 6.07) is 7.75. The zero-order chi connectivity index (χ0) is 10.1. The predicted octanol–water partition coefficient (Wildman–Crippen LogP) is 3.18. The highest BCUT2D eigenvalue weighted by atomic mass is 127. The first-order valence-electron chi connectivity index (χ1n) is 3.85. The van der Waals surface area contributed by atoms with Crippen LogP contribution in [-0.2, 0) is 0 Å². The molecule has 2 N–H and O–H groups in total. The standard InChI is InChI=1S/C9H6ClIN2O/c10-7-8(14-13-9(7)12)5-1-3-6(11)4-2-5/h1-4H,(H2,12,13). The zero-order valence-corrected chi connectivity index (χ0v) is 9.91. The molecule has 2 rings (SSSR count). The number of nitrogens with zero attached hydrogens (tertiary/aromatic N) is 1. The van der Waals surface area contributed by atoms with E-state index in [1.54, 1.807) is 0 Å². The summed E-state index contributed by atoms with van der Waals surface area (Å²) in [5.41, 5.74) is 6.34. The van der Waals surface area contributed by atoms with Crippen molar-refractivity contribution in [1.29, 1.82) is 0 Å². The molecule has 5 heteroatoms. The smallest absolute Gasteiger partial charge is 0.187 e. The third-order valence-electron chi connectivity index (χ3n) is 1.77. The minimum Gasteiger partial charge on any atom is -0.380 e. The van der Waals surface area contributed by atoms with Gasteiger partial charge in [0, 0.05) is 9.13 Å². The second kappa shape index (κ2) is 3.78. The van der Waals surface area contributed by atoms with Gasteiger partial charge < -0.3 is 10.3 Å². The van der Waals surface area contributed by atoms with Crippen LogP contribution in [-0.4, -0.2) is 5.16 Å². The highest BCUT2D eigenvalue weighted by molar-refractivity contribution is 14.1. The fourth-order valence-corrected chi connectivity index (χ4v) is 1.61. The van der Waals surface area contributed by atoms with E-state index in [1.807, 2.05) is 24.3 Å². The van der Waals surface area contributed by atoms with Gasteiger partial charge in [0.15, 0.2) is 11.6 Å². The normalized spacial score (nSPS) is 10.4. The van der Waals surface area contributed by atoms with Gasteiger partial charge in [-0.25, -0.2) is 0 Å². The van der Waals surface area contributed by atoms with E-state index in [0.717, 1.165) is 9.13 Å². The van der Waals surface area contributed by atoms with Crippen LogP contribution in [0.15, 0.2) is 28.8 Å². The summed E-state index contributed by atoms with van der Waals surface area (Å²) in [5.74, 6) is 0.737. The summed E-state index contributed by atoms with van der Waals surface area (Å²) < 4.78 is 6.16. The van der Waals surface area contributed by atoms with Crippen LogP contribution in [0.25, 0.3) is 11.3 Å². The molecule has 14 heavy (non-hydrogen) atoms. The van der Waals surface area contributed by atoms with Crippen molar-refractivity contribution < 1.29 is 4.52 Å². The number of aromatic nitrogens is 1. The van der Waals surface area contributed by atoms with Gasteiger partial charge in [-0.2, -0.15) is 0 Å². The van der Waals surface area contributed by atoms with E-state index >= 15 is 0 Å². The molecule has 0 bridgehead atoms. The Morgan fingerprint density at radius 1 is 1.29 bits per heavy atom. The molecule has 0 spiro atoms. The van der Waals surface area contributed by atoms with E-state index in [9.17, 15) is 0 Å². The SMILES string of the molecule is Nc1noc(-c2ccc(I)cc2)c1Cl. The number of anilines is 1. The Balaban J connectivity index is 2.49. The Labute approximate surface area is 99.4 Å². The van der Waals surface area contributed by atoms with Crippen molar-refractivity contribution in [2.24, 2.45) is 0 Å². The van der Waals surface area contributed by atoms with Crippen LogP contribution in [0.2, 0.25) is 5.02 Å². The zero-order valence-electron chi connectivity index (χ0n) is 7.00. The van der Waals surface area contributed by atoms with E-state index in [1.165, 1.54) is 0 Å². The lowest BCUT2D eigenvalue weighted by Crippen LogP contribution is -1.83. The number of nitrogen functional groups attached to an aromatic ring is 1. The fourth-order valence-electron chi connectivity index (χ4n) is 1.07. The van der Waals surface area contributed by atoms with Crippen molar-refractivity contribution in [3.8, 4) is 11.3 Å². The van der Waals surface area contributed by atoms with Crippen molar-refractivity contribution in [3.05, 3.63) is 32.9 Å². The highest BCUT2D eigenvalue weighted by Gasteiger charge is 2.12. The van der Waals surface area contributed by atoms with Crippen molar-refractivity contribution in [2.75, 3.05) is 5.73 Å². The van der Waals surface area contributed by atoms with Gasteiger partial charge in [0.2, 0.25) is 0 Å². The maximum atomic E-state index is 5.90. The summed E-state index contributed by atoms with van der Waals surface area (Å²) in [7, 11) is 0. The van der Waals surface area contributed by atoms with Gasteiger partial charge in [0.25, 0.3) is 0 Å². The van der Waals surface area contributed by atoms with E-state index < -0.39 is 0 Å². The predicted molar refractivity (Wildman–Crippen MR) is 64.1 cm³/mol. The maximum absolute atomic E-state index is 5.90. The lowest BCUT2D eigenvalue weighted by molar-refractivity contribution is 0.436. The third kappa shape index (κ3) is 1.72. The van der Waals surface area contributed by atoms with E-state index in [2.05, 4.69) is 27.7 Å². The van der Waals surface area contributed by atoms with E-state index in [0.29, 0.717) is 10.8 Å². The Kier molecular flexibility index (Phi) is 2.64. The molecule has 2 aromatic rings. The second-order valence-corrected chi connectivity index (χ2v) is 4.34. The number of halogens is 2. The number of hydrogen-bond acceptors (Lipinski definition) is 3. The van der Waals surface area contributed by atoms with Gasteiger partial charge in [0.1, 0.15) is 5.02 Å². The first-order chi connectivity index (χ1) is 6.68. The topological polar surface area (TPSA) is 52.0 Å². The minimum absolute atomic E-state index is 0.222. The molecule has 1 aromatic carbocycles. The number of rotatable bonds is 1. The first-order valence-corrected chi connectivity index (χ1v) is 5.31. The first kappa shape index (κ1) is 9.79. The molecule has 0 aliphatic carbocycles. The van der Waals surface area contributed by atoms with Crippen LogP contribution in [0, 0.1) is 3.57 Å². The van der Waals surface area contributed by atoms with Crippen molar-refractivity contribution in [1.82, 2.24) is 5.16 Å². The largest absolute Gasteiger partial charge is 0.380 e. The molecular formula is C9H6ClIN2O. The quantitative estimate of drug-likeness (QED) is 0.821. The molecule has 0 amide bonds. The van der Waals surface area contributed by atoms with E-state index in [4.69, 9.17) is 21.9 Å². The molecule has 0 saturated carbocycles. The van der Waals surface area contributed by atoms with Crippen molar-refractivity contribution >= 4 is 40.0 Å². The van der Waals surface area contributed by atoms with Crippen molar-refractivity contribution in [3.63, 3.8) is 0 Å². The molecule has 72 valence electrons. The van der Waals surface area contributed by atoms with Crippen LogP contribution in [0.1, 0.15) is 0 Å². The Hall–Kier alpha value is -0.750. The maximum Gasteiger partial charge on any atom is 0.187 e. The fraction of sp³-hybridized carbons (Fsp3) is 0. The summed E-state index contributed by atoms with van der Waals surface area (Å²) in [6.45, 7) is 0. The Bertz CT molecular complexity index is 452. The molecule has 0 atom stereocenters. The molecule has 0 radical (unpaired) electrons. The van der Waals surface area contributed by atoms with Gasteiger partial charge in [-0.1, -0.05) is 28.9 Å². The van der Waals surface area contributed by atoms with Crippen LogP contribution in [0.4, 0.5) is 5.82 Å². The lowest BCUT2D eigenvalue weighted by Gasteiger charge is -1.95. The van der Waals surface area contributed by atoms with E-state index in [-0.39, 0.29) is 5.82 Å². The Morgan fingerprint density at radius 2 is 1.93 bits per heavy atom. The van der Waals surface area contributed by atoms with Crippen LogP contribution in [0.3, 0.4) is 0 Å². The summed E-state index contributed by atoms with van der Waals surface area (Å²) in [5, 5.41) is 3.95. The molecule has 0 aliphatic heterocycles. The molecule has 0 aliphatic rings. The summed E-state index contributed by atoms with van der Waals surface area (Å²) in [4.78, 5) is 0. The molecule has 1 aromatic heterocycles. The average molecular weight is 321 g/mol. The second-order valence-electron chi connectivity index (χ2n) is 2.72. The minimum atomic E-state index is 0.222. The highest BCUT2D eigenvalue weighted by Crippen LogP contribution is 2.32. The number of hydrogen-bond donors (Lipinski definition) is 1. The summed E-state index contributed by atoms with van der Waals surface area (Å²) >= 11 is 8.13. The third-order valence-corrected chi connectivity index (χ3v) is 2.85. The van der Waals surface area contributed by atoms with Crippen LogP contribution in [0.5, 0.6) is 0 Å². The van der Waals surface area contributed by atoms with Gasteiger partial charge in [-0.05, 0) is 34.7 Å². The lowest BCUT2D eigenvalue weighted by atomic mass is 10.2. The number of nitrogens with two attached hydrogens (primary N) is 1. The average Bonchev–Trinajstić information content (AvgIpc) is 2.50. The van der Waals surface area contributed by atoms with Crippen LogP contribution >= 0.6 is 34.2 Å². The van der Waals surface area contributed by atoms with Crippen molar-refractivity contribution in [2.45, 2.75) is 0 Å². The van der Waals surface area contributed by atoms with Gasteiger partial charge in [0.05, 0.1) is 0 Å². The van der Waals surface area contributed by atoms with Gasteiger partial charge >= 0.3 is 0 Å². The summed E-state index contributed by atoms with van der Waals surface area (Å²) in [6.07, 6.45) is 0. The molecule has 0 saturated heterocycles. The Morgan fingerprint density at radius 3 is 2.43 bits per heavy atom. The molecule has 0 unspecified atom stereocenters. The number of benzene rings is 1.